The first-order chi connectivity index (χ1) is 13.9. The highest BCUT2D eigenvalue weighted by Gasteiger charge is 2.39. The van der Waals surface area contributed by atoms with E-state index in [4.69, 9.17) is 4.55 Å². The van der Waals surface area contributed by atoms with E-state index in [2.05, 4.69) is 0 Å². The SMILES string of the molecule is CC(CCCCCC(=O)CCCCCC(C)(c1ccccc1)S(=O)(=O)O)S(=O)(=O)O. The Bertz CT molecular complexity index is 864. The van der Waals surface area contributed by atoms with Crippen molar-refractivity contribution in [2.75, 3.05) is 0 Å². The molecule has 0 fully saturated rings. The molecule has 0 amide bonds. The highest BCUT2D eigenvalue weighted by molar-refractivity contribution is 7.86. The van der Waals surface area contributed by atoms with Crippen LogP contribution in [-0.2, 0) is 29.8 Å². The minimum absolute atomic E-state index is 0.137. The van der Waals surface area contributed by atoms with Crippen molar-refractivity contribution >= 4 is 26.0 Å². The number of unbranched alkanes of at least 4 members (excludes halogenated alkanes) is 4. The zero-order valence-electron chi connectivity index (χ0n) is 17.8. The van der Waals surface area contributed by atoms with Crippen LogP contribution in [0.5, 0.6) is 0 Å². The summed E-state index contributed by atoms with van der Waals surface area (Å²) in [6, 6.07) is 8.64. The summed E-state index contributed by atoms with van der Waals surface area (Å²) in [5, 5.41) is -0.780. The van der Waals surface area contributed by atoms with Gasteiger partial charge in [0.05, 0.1) is 5.25 Å². The molecule has 0 saturated carbocycles. The number of rotatable bonds is 15. The molecule has 0 aliphatic heterocycles. The first-order valence-corrected chi connectivity index (χ1v) is 13.3. The Balaban J connectivity index is 2.28. The van der Waals surface area contributed by atoms with E-state index < -0.39 is 30.2 Å². The van der Waals surface area contributed by atoms with Crippen molar-refractivity contribution in [2.45, 2.75) is 88.1 Å². The molecule has 1 rings (SSSR count). The predicted octanol–water partition coefficient (Wildman–Crippen LogP) is 4.54. The molecule has 0 aliphatic carbocycles. The van der Waals surface area contributed by atoms with E-state index in [1.54, 1.807) is 30.3 Å². The van der Waals surface area contributed by atoms with Crippen LogP contribution in [0, 0.1) is 0 Å². The number of carbonyl (C=O) groups is 1. The lowest BCUT2D eigenvalue weighted by Crippen LogP contribution is -2.32. The van der Waals surface area contributed by atoms with Gasteiger partial charge in [-0.15, -0.1) is 0 Å². The Labute approximate surface area is 180 Å². The maximum atomic E-state index is 12.0. The quantitative estimate of drug-likeness (QED) is 0.289. The van der Waals surface area contributed by atoms with Crippen LogP contribution < -0.4 is 0 Å². The van der Waals surface area contributed by atoms with Gasteiger partial charge in [0.15, 0.2) is 0 Å². The molecule has 30 heavy (non-hydrogen) atoms. The van der Waals surface area contributed by atoms with E-state index in [1.807, 2.05) is 0 Å². The fraction of sp³-hybridized carbons (Fsp3) is 0.667. The van der Waals surface area contributed by atoms with Crippen LogP contribution in [0.3, 0.4) is 0 Å². The Kier molecular flexibility index (Phi) is 10.6. The average Bonchev–Trinajstić information content (AvgIpc) is 2.66. The predicted molar refractivity (Wildman–Crippen MR) is 118 cm³/mol. The number of carbonyl (C=O) groups excluding carboxylic acids is 1. The number of benzene rings is 1. The molecule has 0 radical (unpaired) electrons. The normalized spacial score (nSPS) is 15.5. The molecule has 9 heteroatoms. The van der Waals surface area contributed by atoms with Crippen molar-refractivity contribution in [1.29, 1.82) is 0 Å². The van der Waals surface area contributed by atoms with Crippen LogP contribution in [0.1, 0.15) is 83.6 Å². The summed E-state index contributed by atoms with van der Waals surface area (Å²) in [6.07, 6.45) is 5.50. The van der Waals surface area contributed by atoms with E-state index in [-0.39, 0.29) is 12.2 Å². The van der Waals surface area contributed by atoms with Gasteiger partial charge in [0, 0.05) is 12.8 Å². The second kappa shape index (κ2) is 11.9. The van der Waals surface area contributed by atoms with Gasteiger partial charge in [-0.05, 0) is 45.1 Å². The summed E-state index contributed by atoms with van der Waals surface area (Å²) in [5.74, 6) is 0.137. The van der Waals surface area contributed by atoms with Gasteiger partial charge in [0.2, 0.25) is 0 Å². The highest BCUT2D eigenvalue weighted by Crippen LogP contribution is 2.34. The summed E-state index contributed by atoms with van der Waals surface area (Å²) in [5.41, 5.74) is 0.548. The summed E-state index contributed by atoms with van der Waals surface area (Å²) in [6.45, 7) is 2.98. The van der Waals surface area contributed by atoms with Crippen molar-refractivity contribution < 1.29 is 30.7 Å². The third kappa shape index (κ3) is 8.83. The van der Waals surface area contributed by atoms with Gasteiger partial charge in [-0.25, -0.2) is 0 Å². The van der Waals surface area contributed by atoms with Crippen LogP contribution in [0.2, 0.25) is 0 Å². The molecule has 0 aliphatic rings. The van der Waals surface area contributed by atoms with Crippen molar-refractivity contribution in [3.05, 3.63) is 35.9 Å². The number of Topliss-reactive ketones (excluding diaryl/α,β-unsaturated/α-hetero) is 1. The lowest BCUT2D eigenvalue weighted by Gasteiger charge is -2.26. The number of ketones is 1. The third-order valence-electron chi connectivity index (χ3n) is 5.64. The number of hydrogen-bond acceptors (Lipinski definition) is 5. The highest BCUT2D eigenvalue weighted by atomic mass is 32.2. The van der Waals surface area contributed by atoms with E-state index in [0.717, 1.165) is 6.42 Å². The van der Waals surface area contributed by atoms with Gasteiger partial charge in [0.25, 0.3) is 20.2 Å². The molecule has 1 aromatic carbocycles. The second-order valence-electron chi connectivity index (χ2n) is 8.10. The van der Waals surface area contributed by atoms with Crippen LogP contribution >= 0.6 is 0 Å². The Morgan fingerprint density at radius 2 is 1.43 bits per heavy atom. The first kappa shape index (κ1) is 26.7. The molecule has 0 bridgehead atoms. The third-order valence-corrected chi connectivity index (χ3v) is 8.47. The van der Waals surface area contributed by atoms with E-state index in [9.17, 15) is 26.2 Å². The number of hydrogen-bond donors (Lipinski definition) is 2. The van der Waals surface area contributed by atoms with Crippen LogP contribution in [0.15, 0.2) is 30.3 Å². The molecule has 7 nitrogen and oxygen atoms in total. The molecular formula is C21H34O7S2. The van der Waals surface area contributed by atoms with Crippen LogP contribution in [0.25, 0.3) is 0 Å². The largest absolute Gasteiger partial charge is 0.300 e. The minimum atomic E-state index is -4.27. The second-order valence-corrected chi connectivity index (χ2v) is 11.8. The molecule has 2 atom stereocenters. The van der Waals surface area contributed by atoms with Crippen LogP contribution in [-0.4, -0.2) is 37.0 Å². The maximum Gasteiger partial charge on any atom is 0.274 e. The van der Waals surface area contributed by atoms with E-state index in [0.29, 0.717) is 56.9 Å². The van der Waals surface area contributed by atoms with Gasteiger partial charge >= 0.3 is 0 Å². The average molecular weight is 463 g/mol. The molecular weight excluding hydrogens is 428 g/mol. The molecule has 1 aromatic rings. The minimum Gasteiger partial charge on any atom is -0.300 e. The lowest BCUT2D eigenvalue weighted by atomic mass is 9.93. The Hall–Kier alpha value is -1.29. The fourth-order valence-corrected chi connectivity index (χ4v) is 4.68. The lowest BCUT2D eigenvalue weighted by molar-refractivity contribution is -0.119. The fourth-order valence-electron chi connectivity index (χ4n) is 3.38. The van der Waals surface area contributed by atoms with Gasteiger partial charge < -0.3 is 0 Å². The smallest absolute Gasteiger partial charge is 0.274 e. The zero-order valence-corrected chi connectivity index (χ0v) is 19.4. The molecule has 0 spiro atoms. The Morgan fingerprint density at radius 3 is 1.93 bits per heavy atom. The maximum absolute atomic E-state index is 12.0. The van der Waals surface area contributed by atoms with E-state index in [1.165, 1.54) is 13.8 Å². The molecule has 0 saturated heterocycles. The molecule has 0 heterocycles. The van der Waals surface area contributed by atoms with Gasteiger partial charge in [-0.2, -0.15) is 16.8 Å². The van der Waals surface area contributed by atoms with Crippen molar-refractivity contribution in [2.24, 2.45) is 0 Å². The molecule has 0 aromatic heterocycles. The van der Waals surface area contributed by atoms with Crippen molar-refractivity contribution in [3.63, 3.8) is 0 Å². The van der Waals surface area contributed by atoms with Crippen LogP contribution in [0.4, 0.5) is 0 Å². The summed E-state index contributed by atoms with van der Waals surface area (Å²) >= 11 is 0. The van der Waals surface area contributed by atoms with Gasteiger partial charge in [-0.1, -0.05) is 56.0 Å². The molecule has 2 N–H and O–H groups in total. The summed E-state index contributed by atoms with van der Waals surface area (Å²) < 4.78 is 63.0. The molecule has 2 unspecified atom stereocenters. The topological polar surface area (TPSA) is 126 Å². The van der Waals surface area contributed by atoms with Gasteiger partial charge in [-0.3, -0.25) is 13.9 Å². The summed E-state index contributed by atoms with van der Waals surface area (Å²) in [4.78, 5) is 12.0. The monoisotopic (exact) mass is 462 g/mol. The van der Waals surface area contributed by atoms with Gasteiger partial charge in [0.1, 0.15) is 10.5 Å². The molecule has 172 valence electrons. The summed E-state index contributed by atoms with van der Waals surface area (Å²) in [7, 11) is -8.26. The van der Waals surface area contributed by atoms with Crippen molar-refractivity contribution in [1.82, 2.24) is 0 Å². The standard InChI is InChI=1S/C21H34O7S2/c1-18(29(23,24)25)12-6-3-9-15-20(22)16-10-5-11-17-21(2,30(26,27)28)19-13-7-4-8-14-19/h4,7-8,13-14,18H,3,5-6,9-12,15-17H2,1-2H3,(H,23,24,25)(H,26,27,28). The van der Waals surface area contributed by atoms with Crippen molar-refractivity contribution in [3.8, 4) is 0 Å². The zero-order chi connectivity index (χ0) is 22.8. The van der Waals surface area contributed by atoms with E-state index >= 15 is 0 Å². The first-order valence-electron chi connectivity index (χ1n) is 10.4. The Morgan fingerprint density at radius 1 is 0.900 bits per heavy atom.